The zero-order valence-electron chi connectivity index (χ0n) is 19.9. The van der Waals surface area contributed by atoms with E-state index in [1.165, 1.54) is 0 Å². The van der Waals surface area contributed by atoms with Gasteiger partial charge in [0.2, 0.25) is 5.91 Å². The molecule has 2 aromatic carbocycles. The van der Waals surface area contributed by atoms with Crippen molar-refractivity contribution in [1.29, 1.82) is 0 Å². The monoisotopic (exact) mass is 468 g/mol. The summed E-state index contributed by atoms with van der Waals surface area (Å²) in [5.41, 5.74) is 3.51. The quantitative estimate of drug-likeness (QED) is 0.349. The number of hydrogen-bond acceptors (Lipinski definition) is 6. The van der Waals surface area contributed by atoms with Crippen LogP contribution < -0.4 is 10.6 Å². The highest BCUT2D eigenvalue weighted by atomic mass is 16.5. The summed E-state index contributed by atoms with van der Waals surface area (Å²) in [5.74, 6) is -1.62. The highest BCUT2D eigenvalue weighted by molar-refractivity contribution is 5.94. The number of aryl methyl sites for hydroxylation is 2. The molecule has 0 unspecified atom stereocenters. The van der Waals surface area contributed by atoms with Crippen molar-refractivity contribution in [2.45, 2.75) is 52.9 Å². The number of carbonyl (C=O) groups excluding carboxylic acids is 4. The SMILES string of the molecule is CCCCOC(=O)c1ccc(NC(=O)CCCC(=O)OCC(=O)Nc2c(C)cccc2C)cc1. The van der Waals surface area contributed by atoms with Crippen molar-refractivity contribution >= 4 is 35.1 Å². The van der Waals surface area contributed by atoms with Gasteiger partial charge in [0.25, 0.3) is 5.91 Å². The highest BCUT2D eigenvalue weighted by Gasteiger charge is 2.12. The summed E-state index contributed by atoms with van der Waals surface area (Å²) < 4.78 is 10.1. The van der Waals surface area contributed by atoms with E-state index in [0.29, 0.717) is 23.5 Å². The van der Waals surface area contributed by atoms with Gasteiger partial charge in [0, 0.05) is 24.2 Å². The first kappa shape index (κ1) is 26.6. The zero-order valence-corrected chi connectivity index (χ0v) is 19.9. The van der Waals surface area contributed by atoms with Crippen LogP contribution in [0.4, 0.5) is 11.4 Å². The highest BCUT2D eigenvalue weighted by Crippen LogP contribution is 2.19. The molecule has 8 nitrogen and oxygen atoms in total. The first-order chi connectivity index (χ1) is 16.3. The number of rotatable bonds is 12. The van der Waals surface area contributed by atoms with Gasteiger partial charge < -0.3 is 20.1 Å². The van der Waals surface area contributed by atoms with Gasteiger partial charge in [-0.1, -0.05) is 31.5 Å². The van der Waals surface area contributed by atoms with Gasteiger partial charge in [-0.15, -0.1) is 0 Å². The lowest BCUT2D eigenvalue weighted by molar-refractivity contribution is -0.147. The Kier molecular flexibility index (Phi) is 10.8. The molecule has 0 spiro atoms. The predicted molar refractivity (Wildman–Crippen MR) is 130 cm³/mol. The van der Waals surface area contributed by atoms with Crippen molar-refractivity contribution in [3.05, 3.63) is 59.2 Å². The lowest BCUT2D eigenvalue weighted by Gasteiger charge is -2.11. The van der Waals surface area contributed by atoms with Gasteiger partial charge in [-0.3, -0.25) is 14.4 Å². The van der Waals surface area contributed by atoms with Crippen molar-refractivity contribution in [2.24, 2.45) is 0 Å². The number of anilines is 2. The molecule has 182 valence electrons. The summed E-state index contributed by atoms with van der Waals surface area (Å²) in [4.78, 5) is 47.9. The van der Waals surface area contributed by atoms with E-state index in [-0.39, 0.29) is 31.8 Å². The fourth-order valence-electron chi connectivity index (χ4n) is 3.10. The van der Waals surface area contributed by atoms with Gasteiger partial charge in [0.05, 0.1) is 12.2 Å². The van der Waals surface area contributed by atoms with Crippen molar-refractivity contribution in [2.75, 3.05) is 23.8 Å². The summed E-state index contributed by atoms with van der Waals surface area (Å²) in [7, 11) is 0. The van der Waals surface area contributed by atoms with Crippen LogP contribution in [0, 0.1) is 13.8 Å². The molecule has 34 heavy (non-hydrogen) atoms. The van der Waals surface area contributed by atoms with Crippen LogP contribution >= 0.6 is 0 Å². The third-order valence-electron chi connectivity index (χ3n) is 5.03. The molecule has 0 aliphatic rings. The zero-order chi connectivity index (χ0) is 24.9. The van der Waals surface area contributed by atoms with Gasteiger partial charge in [-0.05, 0) is 62.1 Å². The van der Waals surface area contributed by atoms with Gasteiger partial charge in [0.15, 0.2) is 6.61 Å². The molecule has 2 N–H and O–H groups in total. The van der Waals surface area contributed by atoms with Gasteiger partial charge in [-0.2, -0.15) is 0 Å². The molecular weight excluding hydrogens is 436 g/mol. The van der Waals surface area contributed by atoms with Gasteiger partial charge in [-0.25, -0.2) is 4.79 Å². The largest absolute Gasteiger partial charge is 0.462 e. The molecule has 0 atom stereocenters. The molecule has 2 rings (SSSR count). The number of hydrogen-bond donors (Lipinski definition) is 2. The lowest BCUT2D eigenvalue weighted by Crippen LogP contribution is -2.22. The van der Waals surface area contributed by atoms with Crippen LogP contribution in [0.5, 0.6) is 0 Å². The van der Waals surface area contributed by atoms with E-state index in [9.17, 15) is 19.2 Å². The summed E-state index contributed by atoms with van der Waals surface area (Å²) in [6.07, 6.45) is 2.18. The van der Waals surface area contributed by atoms with Crippen LogP contribution in [-0.2, 0) is 23.9 Å². The third kappa shape index (κ3) is 9.05. The second-order valence-electron chi connectivity index (χ2n) is 7.94. The fraction of sp³-hybridized carbons (Fsp3) is 0.385. The van der Waals surface area contributed by atoms with Crippen LogP contribution in [0.3, 0.4) is 0 Å². The van der Waals surface area contributed by atoms with Crippen molar-refractivity contribution in [3.63, 3.8) is 0 Å². The second kappa shape index (κ2) is 13.8. The Bertz CT molecular complexity index is 981. The molecule has 2 aromatic rings. The van der Waals surface area contributed by atoms with E-state index in [1.807, 2.05) is 39.0 Å². The fourth-order valence-corrected chi connectivity index (χ4v) is 3.10. The Balaban J connectivity index is 1.66. The third-order valence-corrected chi connectivity index (χ3v) is 5.03. The van der Waals surface area contributed by atoms with Crippen LogP contribution in [0.15, 0.2) is 42.5 Å². The maximum atomic E-state index is 12.1. The topological polar surface area (TPSA) is 111 Å². The molecular formula is C26H32N2O6. The van der Waals surface area contributed by atoms with Gasteiger partial charge >= 0.3 is 11.9 Å². The molecule has 0 heterocycles. The molecule has 0 aliphatic heterocycles. The molecule has 0 radical (unpaired) electrons. The maximum absolute atomic E-state index is 12.1. The minimum absolute atomic E-state index is 0.0205. The number of ether oxygens (including phenoxy) is 2. The minimum Gasteiger partial charge on any atom is -0.462 e. The summed E-state index contributed by atoms with van der Waals surface area (Å²) in [5, 5.41) is 5.46. The van der Waals surface area contributed by atoms with E-state index < -0.39 is 17.8 Å². The molecule has 0 aliphatic carbocycles. The smallest absolute Gasteiger partial charge is 0.338 e. The Morgan fingerprint density at radius 1 is 0.794 bits per heavy atom. The Hall–Kier alpha value is -3.68. The standard InChI is InChI=1S/C26H32N2O6/c1-4-5-16-33-26(32)20-12-14-21(15-13-20)27-22(29)10-7-11-24(31)34-17-23(30)28-25-18(2)8-6-9-19(25)3/h6,8-9,12-15H,4-5,7,10-11,16-17H2,1-3H3,(H,27,29)(H,28,30). The van der Waals surface area contributed by atoms with Crippen molar-refractivity contribution in [3.8, 4) is 0 Å². The summed E-state index contributed by atoms with van der Waals surface area (Å²) in [6.45, 7) is 5.79. The van der Waals surface area contributed by atoms with Crippen LogP contribution in [0.25, 0.3) is 0 Å². The molecule has 0 fully saturated rings. The first-order valence-corrected chi connectivity index (χ1v) is 11.4. The van der Waals surface area contributed by atoms with Crippen molar-refractivity contribution in [1.82, 2.24) is 0 Å². The molecule has 8 heteroatoms. The Morgan fingerprint density at radius 3 is 2.12 bits per heavy atom. The maximum Gasteiger partial charge on any atom is 0.338 e. The first-order valence-electron chi connectivity index (χ1n) is 11.4. The van der Waals surface area contributed by atoms with E-state index in [4.69, 9.17) is 9.47 Å². The van der Waals surface area contributed by atoms with Crippen molar-refractivity contribution < 1.29 is 28.7 Å². The predicted octanol–water partition coefficient (Wildman–Crippen LogP) is 4.55. The average molecular weight is 469 g/mol. The molecule has 0 bridgehead atoms. The van der Waals surface area contributed by atoms with Crippen LogP contribution in [0.1, 0.15) is 60.5 Å². The van der Waals surface area contributed by atoms with Gasteiger partial charge in [0.1, 0.15) is 0 Å². The van der Waals surface area contributed by atoms with E-state index >= 15 is 0 Å². The Morgan fingerprint density at radius 2 is 1.47 bits per heavy atom. The number of carbonyl (C=O) groups is 4. The molecule has 0 aromatic heterocycles. The second-order valence-corrected chi connectivity index (χ2v) is 7.94. The summed E-state index contributed by atoms with van der Waals surface area (Å²) in [6, 6.07) is 12.1. The lowest BCUT2D eigenvalue weighted by atomic mass is 10.1. The summed E-state index contributed by atoms with van der Waals surface area (Å²) >= 11 is 0. The number of amides is 2. The Labute approximate surface area is 200 Å². The number of benzene rings is 2. The molecule has 0 saturated carbocycles. The van der Waals surface area contributed by atoms with Crippen LogP contribution in [-0.4, -0.2) is 37.0 Å². The molecule has 0 saturated heterocycles. The van der Waals surface area contributed by atoms with Crippen LogP contribution in [0.2, 0.25) is 0 Å². The van der Waals surface area contributed by atoms with E-state index in [1.54, 1.807) is 24.3 Å². The number of nitrogens with one attached hydrogen (secondary N) is 2. The molecule has 2 amide bonds. The number of para-hydroxylation sites is 1. The number of unbranched alkanes of at least 4 members (excludes halogenated alkanes) is 1. The van der Waals surface area contributed by atoms with E-state index in [2.05, 4.69) is 10.6 Å². The number of esters is 2. The average Bonchev–Trinajstić information content (AvgIpc) is 2.81. The minimum atomic E-state index is -0.546. The van der Waals surface area contributed by atoms with E-state index in [0.717, 1.165) is 24.0 Å². The normalized spacial score (nSPS) is 10.3.